The standard InChI is InChI=1S/C21H23FN2O2/c22-18-7-9-19(10-8-18)24(12-11-20(23)25)21(26)14-15-5-6-16-3-1-2-4-17(16)13-15/h5-10,13H,1-4,11-12,14H2,(H2,23,25). The van der Waals surface area contributed by atoms with Crippen molar-refractivity contribution in [3.63, 3.8) is 0 Å². The summed E-state index contributed by atoms with van der Waals surface area (Å²) < 4.78 is 13.2. The molecule has 0 unspecified atom stereocenters. The molecule has 0 aromatic heterocycles. The van der Waals surface area contributed by atoms with Crippen LogP contribution in [0.15, 0.2) is 42.5 Å². The Hall–Kier alpha value is -2.69. The van der Waals surface area contributed by atoms with E-state index in [0.717, 1.165) is 18.4 Å². The monoisotopic (exact) mass is 354 g/mol. The van der Waals surface area contributed by atoms with Gasteiger partial charge >= 0.3 is 0 Å². The van der Waals surface area contributed by atoms with E-state index in [2.05, 4.69) is 12.1 Å². The molecule has 2 amide bonds. The smallest absolute Gasteiger partial charge is 0.231 e. The van der Waals surface area contributed by atoms with Gasteiger partial charge in [-0.1, -0.05) is 18.2 Å². The molecule has 0 radical (unpaired) electrons. The highest BCUT2D eigenvalue weighted by molar-refractivity contribution is 5.95. The molecule has 1 aliphatic carbocycles. The maximum Gasteiger partial charge on any atom is 0.231 e. The number of nitrogens with two attached hydrogens (primary N) is 1. The SMILES string of the molecule is NC(=O)CCN(C(=O)Cc1ccc2c(c1)CCCC2)c1ccc(F)cc1. The number of aryl methyl sites for hydroxylation is 2. The first-order chi connectivity index (χ1) is 12.5. The van der Waals surface area contributed by atoms with E-state index in [1.165, 1.54) is 41.0 Å². The molecule has 0 bridgehead atoms. The molecule has 2 N–H and O–H groups in total. The molecule has 136 valence electrons. The molecular formula is C21H23FN2O2. The summed E-state index contributed by atoms with van der Waals surface area (Å²) in [6, 6.07) is 11.9. The molecule has 3 rings (SSSR count). The number of rotatable bonds is 6. The Morgan fingerprint density at radius 3 is 2.38 bits per heavy atom. The number of primary amides is 1. The molecule has 4 nitrogen and oxygen atoms in total. The summed E-state index contributed by atoms with van der Waals surface area (Å²) in [5, 5.41) is 0. The predicted molar refractivity (Wildman–Crippen MR) is 99.4 cm³/mol. The lowest BCUT2D eigenvalue weighted by Crippen LogP contribution is -2.35. The van der Waals surface area contributed by atoms with Gasteiger partial charge in [0.25, 0.3) is 0 Å². The maximum absolute atomic E-state index is 13.2. The van der Waals surface area contributed by atoms with E-state index < -0.39 is 5.91 Å². The van der Waals surface area contributed by atoms with Crippen molar-refractivity contribution in [1.29, 1.82) is 0 Å². The number of hydrogen-bond donors (Lipinski definition) is 1. The number of carbonyl (C=O) groups excluding carboxylic acids is 2. The molecule has 0 aliphatic heterocycles. The van der Waals surface area contributed by atoms with Crippen molar-refractivity contribution < 1.29 is 14.0 Å². The van der Waals surface area contributed by atoms with Crippen molar-refractivity contribution in [2.24, 2.45) is 5.73 Å². The fraction of sp³-hybridized carbons (Fsp3) is 0.333. The van der Waals surface area contributed by atoms with Crippen molar-refractivity contribution in [2.45, 2.75) is 38.5 Å². The van der Waals surface area contributed by atoms with Gasteiger partial charge in [-0.3, -0.25) is 9.59 Å². The molecule has 2 aromatic rings. The van der Waals surface area contributed by atoms with Crippen LogP contribution in [-0.4, -0.2) is 18.4 Å². The van der Waals surface area contributed by atoms with Gasteiger partial charge in [-0.05, 0) is 66.6 Å². The van der Waals surface area contributed by atoms with E-state index in [0.29, 0.717) is 5.69 Å². The lowest BCUT2D eigenvalue weighted by atomic mass is 9.90. The van der Waals surface area contributed by atoms with Crippen molar-refractivity contribution in [2.75, 3.05) is 11.4 Å². The molecule has 5 heteroatoms. The predicted octanol–water partition coefficient (Wildman–Crippen LogP) is 3.16. The van der Waals surface area contributed by atoms with E-state index in [9.17, 15) is 14.0 Å². The highest BCUT2D eigenvalue weighted by atomic mass is 19.1. The van der Waals surface area contributed by atoms with Crippen LogP contribution in [0.2, 0.25) is 0 Å². The van der Waals surface area contributed by atoms with Gasteiger partial charge in [0, 0.05) is 18.7 Å². The Balaban J connectivity index is 1.78. The summed E-state index contributed by atoms with van der Waals surface area (Å²) in [6.07, 6.45) is 4.86. The summed E-state index contributed by atoms with van der Waals surface area (Å²) in [6.45, 7) is 0.185. The van der Waals surface area contributed by atoms with Gasteiger partial charge in [0.1, 0.15) is 5.82 Å². The molecule has 0 atom stereocenters. The molecule has 0 heterocycles. The molecule has 0 spiro atoms. The summed E-state index contributed by atoms with van der Waals surface area (Å²) in [7, 11) is 0. The average Bonchev–Trinajstić information content (AvgIpc) is 2.63. The number of halogens is 1. The van der Waals surface area contributed by atoms with E-state index in [1.807, 2.05) is 6.07 Å². The minimum atomic E-state index is -0.473. The van der Waals surface area contributed by atoms with Crippen LogP contribution in [0, 0.1) is 5.82 Å². The molecule has 0 saturated heterocycles. The lowest BCUT2D eigenvalue weighted by Gasteiger charge is -2.23. The van der Waals surface area contributed by atoms with Gasteiger partial charge in [0.15, 0.2) is 0 Å². The van der Waals surface area contributed by atoms with E-state index >= 15 is 0 Å². The first kappa shape index (κ1) is 18.1. The third kappa shape index (κ3) is 4.48. The van der Waals surface area contributed by atoms with Crippen molar-refractivity contribution in [1.82, 2.24) is 0 Å². The van der Waals surface area contributed by atoms with E-state index in [1.54, 1.807) is 12.1 Å². The Kier molecular flexibility index (Phi) is 5.66. The summed E-state index contributed by atoms with van der Waals surface area (Å²) in [5.74, 6) is -0.974. The molecule has 0 saturated carbocycles. The number of amides is 2. The number of nitrogens with zero attached hydrogens (tertiary/aromatic N) is 1. The molecule has 26 heavy (non-hydrogen) atoms. The number of hydrogen-bond acceptors (Lipinski definition) is 2. The minimum absolute atomic E-state index is 0.0628. The Morgan fingerprint density at radius 2 is 1.69 bits per heavy atom. The normalized spacial score (nSPS) is 13.1. The van der Waals surface area contributed by atoms with Crippen molar-refractivity contribution >= 4 is 17.5 Å². The van der Waals surface area contributed by atoms with Crippen LogP contribution in [0.25, 0.3) is 0 Å². The Labute approximate surface area is 152 Å². The van der Waals surface area contributed by atoms with Crippen LogP contribution in [0.5, 0.6) is 0 Å². The number of benzene rings is 2. The first-order valence-electron chi connectivity index (χ1n) is 8.98. The van der Waals surface area contributed by atoms with Crippen LogP contribution in [0.4, 0.5) is 10.1 Å². The minimum Gasteiger partial charge on any atom is -0.370 e. The second-order valence-corrected chi connectivity index (χ2v) is 6.73. The third-order valence-corrected chi connectivity index (χ3v) is 4.79. The van der Waals surface area contributed by atoms with E-state index in [4.69, 9.17) is 5.73 Å². The van der Waals surface area contributed by atoms with Crippen LogP contribution < -0.4 is 10.6 Å². The fourth-order valence-corrected chi connectivity index (χ4v) is 3.41. The highest BCUT2D eigenvalue weighted by Gasteiger charge is 2.18. The van der Waals surface area contributed by atoms with Crippen LogP contribution >= 0.6 is 0 Å². The van der Waals surface area contributed by atoms with Gasteiger partial charge in [0.05, 0.1) is 6.42 Å². The van der Waals surface area contributed by atoms with Crippen molar-refractivity contribution in [3.8, 4) is 0 Å². The fourth-order valence-electron chi connectivity index (χ4n) is 3.41. The Bertz CT molecular complexity index is 802. The Morgan fingerprint density at radius 1 is 1.00 bits per heavy atom. The maximum atomic E-state index is 13.2. The van der Waals surface area contributed by atoms with Gasteiger partial charge in [-0.25, -0.2) is 4.39 Å². The summed E-state index contributed by atoms with van der Waals surface area (Å²) >= 11 is 0. The number of carbonyl (C=O) groups is 2. The van der Waals surface area contributed by atoms with Gasteiger partial charge < -0.3 is 10.6 Å². The molecule has 1 aliphatic rings. The van der Waals surface area contributed by atoms with Crippen LogP contribution in [-0.2, 0) is 28.9 Å². The van der Waals surface area contributed by atoms with Crippen LogP contribution in [0.3, 0.4) is 0 Å². The quantitative estimate of drug-likeness (QED) is 0.866. The summed E-state index contributed by atoms with van der Waals surface area (Å²) in [5.41, 5.74) is 9.46. The third-order valence-electron chi connectivity index (χ3n) is 4.79. The number of anilines is 1. The first-order valence-corrected chi connectivity index (χ1v) is 8.98. The largest absolute Gasteiger partial charge is 0.370 e. The zero-order valence-corrected chi connectivity index (χ0v) is 14.7. The van der Waals surface area contributed by atoms with Gasteiger partial charge in [-0.15, -0.1) is 0 Å². The van der Waals surface area contributed by atoms with E-state index in [-0.39, 0.29) is 31.1 Å². The van der Waals surface area contributed by atoms with Crippen molar-refractivity contribution in [3.05, 3.63) is 65.0 Å². The molecule has 0 fully saturated rings. The summed E-state index contributed by atoms with van der Waals surface area (Å²) in [4.78, 5) is 25.5. The second kappa shape index (κ2) is 8.13. The molecule has 2 aromatic carbocycles. The second-order valence-electron chi connectivity index (χ2n) is 6.73. The number of fused-ring (bicyclic) bond motifs is 1. The van der Waals surface area contributed by atoms with Crippen LogP contribution in [0.1, 0.15) is 36.0 Å². The van der Waals surface area contributed by atoms with Gasteiger partial charge in [0.2, 0.25) is 11.8 Å². The topological polar surface area (TPSA) is 63.4 Å². The van der Waals surface area contributed by atoms with Gasteiger partial charge in [-0.2, -0.15) is 0 Å². The lowest BCUT2D eigenvalue weighted by molar-refractivity contribution is -0.118. The molecular weight excluding hydrogens is 331 g/mol. The average molecular weight is 354 g/mol. The zero-order chi connectivity index (χ0) is 18.5. The highest BCUT2D eigenvalue weighted by Crippen LogP contribution is 2.23. The zero-order valence-electron chi connectivity index (χ0n) is 14.7.